The molecule has 0 bridgehead atoms. The number of imidazole rings is 2. The normalized spacial score (nSPS) is 15.8. The minimum atomic E-state index is 0.0745. The highest BCUT2D eigenvalue weighted by molar-refractivity contribution is 5.94. The van der Waals surface area contributed by atoms with E-state index in [0.29, 0.717) is 5.69 Å². The summed E-state index contributed by atoms with van der Waals surface area (Å²) >= 11 is 0. The van der Waals surface area contributed by atoms with Crippen LogP contribution in [0.15, 0.2) is 43.1 Å². The van der Waals surface area contributed by atoms with Gasteiger partial charge in [0.05, 0.1) is 12.0 Å². The van der Waals surface area contributed by atoms with Crippen LogP contribution in [0.3, 0.4) is 0 Å². The summed E-state index contributed by atoms with van der Waals surface area (Å²) in [5, 5.41) is 0. The summed E-state index contributed by atoms with van der Waals surface area (Å²) in [4.78, 5) is 25.9. The Morgan fingerprint density at radius 2 is 1.96 bits per heavy atom. The van der Waals surface area contributed by atoms with E-state index in [2.05, 4.69) is 19.4 Å². The van der Waals surface area contributed by atoms with Crippen LogP contribution in [0.1, 0.15) is 16.2 Å². The van der Waals surface area contributed by atoms with Gasteiger partial charge in [0.15, 0.2) is 0 Å². The second-order valence-electron chi connectivity index (χ2n) is 6.41. The van der Waals surface area contributed by atoms with Gasteiger partial charge in [0, 0.05) is 57.9 Å². The monoisotopic (exact) mass is 338 g/mol. The van der Waals surface area contributed by atoms with Crippen LogP contribution in [0.2, 0.25) is 0 Å². The van der Waals surface area contributed by atoms with Crippen molar-refractivity contribution in [2.24, 2.45) is 0 Å². The molecule has 0 atom stereocenters. The molecule has 4 rings (SSSR count). The van der Waals surface area contributed by atoms with E-state index in [4.69, 9.17) is 0 Å². The van der Waals surface area contributed by atoms with Gasteiger partial charge in [-0.1, -0.05) is 6.07 Å². The molecule has 1 fully saturated rings. The first kappa shape index (κ1) is 15.8. The predicted octanol–water partition coefficient (Wildman–Crippen LogP) is 1.30. The van der Waals surface area contributed by atoms with Gasteiger partial charge in [-0.25, -0.2) is 9.97 Å². The molecular weight excluding hydrogens is 316 g/mol. The van der Waals surface area contributed by atoms with E-state index in [1.165, 1.54) is 0 Å². The van der Waals surface area contributed by atoms with Gasteiger partial charge >= 0.3 is 0 Å². The fourth-order valence-corrected chi connectivity index (χ4v) is 3.37. The lowest BCUT2D eigenvalue weighted by atomic mass is 10.2. The van der Waals surface area contributed by atoms with Crippen molar-refractivity contribution in [1.82, 2.24) is 28.7 Å². The highest BCUT2D eigenvalue weighted by Crippen LogP contribution is 2.15. The maximum Gasteiger partial charge on any atom is 0.272 e. The van der Waals surface area contributed by atoms with E-state index in [1.54, 1.807) is 6.20 Å². The molecule has 0 aliphatic carbocycles. The van der Waals surface area contributed by atoms with Crippen molar-refractivity contribution in [2.75, 3.05) is 32.7 Å². The van der Waals surface area contributed by atoms with Gasteiger partial charge < -0.3 is 9.47 Å². The number of fused-ring (bicyclic) bond motifs is 1. The number of rotatable bonds is 4. The van der Waals surface area contributed by atoms with Crippen LogP contribution in [0.4, 0.5) is 0 Å². The molecule has 25 heavy (non-hydrogen) atoms. The number of aryl methyl sites for hydroxylation is 1. The standard InChI is InChI=1S/C18H22N6O/c1-15-17(24-6-3-2-4-16(24)20-15)18(25)23-12-10-21(11-13-23)8-9-22-7-5-19-14-22/h2-7,14H,8-13H2,1H3. The Balaban J connectivity index is 1.40. The minimum Gasteiger partial charge on any atom is -0.336 e. The Hall–Kier alpha value is -2.67. The van der Waals surface area contributed by atoms with Gasteiger partial charge in [0.1, 0.15) is 11.3 Å². The van der Waals surface area contributed by atoms with Gasteiger partial charge in [-0.15, -0.1) is 0 Å². The van der Waals surface area contributed by atoms with Crippen molar-refractivity contribution in [3.05, 3.63) is 54.5 Å². The molecule has 0 unspecified atom stereocenters. The molecule has 1 aliphatic heterocycles. The molecule has 7 heteroatoms. The fourth-order valence-electron chi connectivity index (χ4n) is 3.37. The van der Waals surface area contributed by atoms with Gasteiger partial charge in [0.2, 0.25) is 0 Å². The van der Waals surface area contributed by atoms with Crippen molar-refractivity contribution < 1.29 is 4.79 Å². The summed E-state index contributed by atoms with van der Waals surface area (Å²) in [6, 6.07) is 5.80. The Bertz CT molecular complexity index is 861. The average Bonchev–Trinajstić information content (AvgIpc) is 3.26. The third-order valence-electron chi connectivity index (χ3n) is 4.80. The number of hydrogen-bond donors (Lipinski definition) is 0. The van der Waals surface area contributed by atoms with E-state index in [-0.39, 0.29) is 5.91 Å². The molecule has 3 aromatic rings. The van der Waals surface area contributed by atoms with E-state index in [0.717, 1.165) is 50.6 Å². The smallest absolute Gasteiger partial charge is 0.272 e. The van der Waals surface area contributed by atoms with Crippen LogP contribution in [-0.2, 0) is 6.54 Å². The second-order valence-corrected chi connectivity index (χ2v) is 6.41. The van der Waals surface area contributed by atoms with Crippen LogP contribution in [0.25, 0.3) is 5.65 Å². The number of aromatic nitrogens is 4. The number of piperazine rings is 1. The molecule has 7 nitrogen and oxygen atoms in total. The zero-order valence-electron chi connectivity index (χ0n) is 14.4. The third kappa shape index (κ3) is 3.15. The Morgan fingerprint density at radius 3 is 2.72 bits per heavy atom. The number of carbonyl (C=O) groups excluding carboxylic acids is 1. The summed E-state index contributed by atoms with van der Waals surface area (Å²) in [6.45, 7) is 7.12. The molecule has 0 radical (unpaired) electrons. The molecule has 0 aromatic carbocycles. The predicted molar refractivity (Wildman–Crippen MR) is 94.5 cm³/mol. The van der Waals surface area contributed by atoms with Gasteiger partial charge in [-0.2, -0.15) is 0 Å². The first-order valence-corrected chi connectivity index (χ1v) is 8.63. The zero-order valence-corrected chi connectivity index (χ0v) is 14.4. The van der Waals surface area contributed by atoms with Crippen molar-refractivity contribution in [2.45, 2.75) is 13.5 Å². The zero-order chi connectivity index (χ0) is 17.2. The molecule has 1 saturated heterocycles. The Kier molecular flexibility index (Phi) is 4.23. The third-order valence-corrected chi connectivity index (χ3v) is 4.80. The molecule has 3 aromatic heterocycles. The number of amides is 1. The van der Waals surface area contributed by atoms with Crippen LogP contribution in [0.5, 0.6) is 0 Å². The fraction of sp³-hybridized carbons (Fsp3) is 0.389. The number of nitrogens with zero attached hydrogens (tertiary/aromatic N) is 6. The Morgan fingerprint density at radius 1 is 1.12 bits per heavy atom. The van der Waals surface area contributed by atoms with Crippen molar-refractivity contribution >= 4 is 11.6 Å². The second kappa shape index (κ2) is 6.68. The number of hydrogen-bond acceptors (Lipinski definition) is 4. The first-order chi connectivity index (χ1) is 12.2. The molecule has 1 aliphatic rings. The van der Waals surface area contributed by atoms with Crippen LogP contribution < -0.4 is 0 Å². The molecule has 0 saturated carbocycles. The molecule has 1 amide bonds. The SMILES string of the molecule is Cc1nc2ccccn2c1C(=O)N1CCN(CCn2ccnc2)CC1. The van der Waals surface area contributed by atoms with E-state index in [1.807, 2.05) is 53.1 Å². The first-order valence-electron chi connectivity index (χ1n) is 8.63. The van der Waals surface area contributed by atoms with E-state index in [9.17, 15) is 4.79 Å². The highest BCUT2D eigenvalue weighted by Gasteiger charge is 2.25. The van der Waals surface area contributed by atoms with Gasteiger partial charge in [-0.05, 0) is 19.1 Å². The van der Waals surface area contributed by atoms with Crippen LogP contribution >= 0.6 is 0 Å². The van der Waals surface area contributed by atoms with Gasteiger partial charge in [0.25, 0.3) is 5.91 Å². The summed E-state index contributed by atoms with van der Waals surface area (Å²) in [6.07, 6.45) is 7.53. The molecule has 0 N–H and O–H groups in total. The van der Waals surface area contributed by atoms with Crippen molar-refractivity contribution in [1.29, 1.82) is 0 Å². The van der Waals surface area contributed by atoms with Gasteiger partial charge in [-0.3, -0.25) is 14.1 Å². The van der Waals surface area contributed by atoms with E-state index >= 15 is 0 Å². The highest BCUT2D eigenvalue weighted by atomic mass is 16.2. The van der Waals surface area contributed by atoms with Crippen molar-refractivity contribution in [3.63, 3.8) is 0 Å². The maximum absolute atomic E-state index is 13.0. The lowest BCUT2D eigenvalue weighted by Crippen LogP contribution is -2.49. The van der Waals surface area contributed by atoms with Crippen molar-refractivity contribution in [3.8, 4) is 0 Å². The number of pyridine rings is 1. The summed E-state index contributed by atoms with van der Waals surface area (Å²) in [7, 11) is 0. The molecular formula is C18H22N6O. The molecule has 0 spiro atoms. The summed E-state index contributed by atoms with van der Waals surface area (Å²) in [5.74, 6) is 0.0745. The Labute approximate surface area is 146 Å². The maximum atomic E-state index is 13.0. The van der Waals surface area contributed by atoms with Crippen LogP contribution in [-0.4, -0.2) is 67.4 Å². The topological polar surface area (TPSA) is 58.7 Å². The largest absolute Gasteiger partial charge is 0.336 e. The number of carbonyl (C=O) groups is 1. The summed E-state index contributed by atoms with van der Waals surface area (Å²) in [5.41, 5.74) is 2.29. The molecule has 130 valence electrons. The lowest BCUT2D eigenvalue weighted by Gasteiger charge is -2.34. The van der Waals surface area contributed by atoms with Crippen LogP contribution in [0, 0.1) is 6.92 Å². The lowest BCUT2D eigenvalue weighted by molar-refractivity contribution is 0.0625. The van der Waals surface area contributed by atoms with E-state index < -0.39 is 0 Å². The quantitative estimate of drug-likeness (QED) is 0.719. The molecule has 4 heterocycles. The minimum absolute atomic E-state index is 0.0745. The average molecular weight is 338 g/mol. The summed E-state index contributed by atoms with van der Waals surface area (Å²) < 4.78 is 3.97.